The molecule has 0 aliphatic carbocycles. The number of nitrogens with zero attached hydrogens (tertiary/aromatic N) is 1. The molecule has 6 nitrogen and oxygen atoms in total. The lowest BCUT2D eigenvalue weighted by atomic mass is 9.77. The standard InChI is InChI=1S/C26H31NO5/c1-4-14-27(20-8-6-5-7-9-20)24-21(28)16-26(18(2)3,32-25(24)29)13-12-19-10-11-22-23(15-19)31-17-30-22/h5-11,15,18,24H,4,12-14,16-17H2,1-3H3. The van der Waals surface area contributed by atoms with E-state index in [1.165, 1.54) is 0 Å². The summed E-state index contributed by atoms with van der Waals surface area (Å²) in [5.74, 6) is 0.972. The van der Waals surface area contributed by atoms with E-state index in [1.807, 2.05) is 74.2 Å². The summed E-state index contributed by atoms with van der Waals surface area (Å²) in [5, 5.41) is 0. The molecule has 0 saturated carbocycles. The van der Waals surface area contributed by atoms with Crippen molar-refractivity contribution in [2.75, 3.05) is 18.2 Å². The van der Waals surface area contributed by atoms with Crippen LogP contribution in [0.2, 0.25) is 0 Å². The number of aryl methyl sites for hydroxylation is 1. The van der Waals surface area contributed by atoms with Gasteiger partial charge in [0, 0.05) is 18.7 Å². The van der Waals surface area contributed by atoms with E-state index >= 15 is 0 Å². The topological polar surface area (TPSA) is 65.1 Å². The van der Waals surface area contributed by atoms with Crippen LogP contribution in [0.5, 0.6) is 11.5 Å². The van der Waals surface area contributed by atoms with Gasteiger partial charge in [-0.2, -0.15) is 0 Å². The minimum absolute atomic E-state index is 0.0155. The fourth-order valence-electron chi connectivity index (χ4n) is 4.59. The maximum absolute atomic E-state index is 13.4. The summed E-state index contributed by atoms with van der Waals surface area (Å²) in [6, 6.07) is 14.6. The van der Waals surface area contributed by atoms with E-state index in [2.05, 4.69) is 0 Å². The number of cyclic esters (lactones) is 1. The zero-order valence-electron chi connectivity index (χ0n) is 19.0. The Morgan fingerprint density at radius 3 is 2.50 bits per heavy atom. The Hall–Kier alpha value is -3.02. The number of carbonyl (C=O) groups is 2. The Bertz CT molecular complexity index is 953. The van der Waals surface area contributed by atoms with Crippen LogP contribution in [0.4, 0.5) is 5.69 Å². The summed E-state index contributed by atoms with van der Waals surface area (Å²) in [5.41, 5.74) is 1.12. The maximum Gasteiger partial charge on any atom is 0.337 e. The number of ether oxygens (including phenoxy) is 3. The number of benzene rings is 2. The van der Waals surface area contributed by atoms with Gasteiger partial charge in [0.15, 0.2) is 23.3 Å². The normalized spacial score (nSPS) is 22.2. The van der Waals surface area contributed by atoms with E-state index in [-0.39, 0.29) is 24.9 Å². The second kappa shape index (κ2) is 9.23. The zero-order valence-corrected chi connectivity index (χ0v) is 19.0. The minimum Gasteiger partial charge on any atom is -0.456 e. The van der Waals surface area contributed by atoms with Crippen LogP contribution in [0, 0.1) is 5.92 Å². The number of carbonyl (C=O) groups excluding carboxylic acids is 2. The zero-order chi connectivity index (χ0) is 22.7. The molecule has 0 radical (unpaired) electrons. The highest BCUT2D eigenvalue weighted by atomic mass is 16.7. The van der Waals surface area contributed by atoms with Gasteiger partial charge in [0.25, 0.3) is 0 Å². The molecule has 2 aromatic carbocycles. The van der Waals surface area contributed by atoms with Crippen molar-refractivity contribution in [3.8, 4) is 11.5 Å². The lowest BCUT2D eigenvalue weighted by molar-refractivity contribution is -0.179. The Labute approximate surface area is 189 Å². The Morgan fingerprint density at radius 1 is 1.06 bits per heavy atom. The third kappa shape index (κ3) is 4.31. The lowest BCUT2D eigenvalue weighted by Gasteiger charge is -2.44. The monoisotopic (exact) mass is 437 g/mol. The molecular formula is C26H31NO5. The van der Waals surface area contributed by atoms with Crippen LogP contribution in [0.25, 0.3) is 0 Å². The van der Waals surface area contributed by atoms with Crippen molar-refractivity contribution in [2.24, 2.45) is 5.92 Å². The van der Waals surface area contributed by atoms with E-state index in [0.29, 0.717) is 19.4 Å². The smallest absolute Gasteiger partial charge is 0.337 e. The first-order valence-electron chi connectivity index (χ1n) is 11.4. The molecule has 32 heavy (non-hydrogen) atoms. The third-order valence-corrected chi connectivity index (χ3v) is 6.50. The number of anilines is 1. The van der Waals surface area contributed by atoms with Gasteiger partial charge in [-0.25, -0.2) is 4.79 Å². The largest absolute Gasteiger partial charge is 0.456 e. The van der Waals surface area contributed by atoms with Crippen LogP contribution < -0.4 is 14.4 Å². The van der Waals surface area contributed by atoms with Crippen LogP contribution in [0.3, 0.4) is 0 Å². The predicted molar refractivity (Wildman–Crippen MR) is 122 cm³/mol. The molecule has 170 valence electrons. The number of ketones is 1. The third-order valence-electron chi connectivity index (χ3n) is 6.50. The first-order chi connectivity index (χ1) is 15.4. The van der Waals surface area contributed by atoms with E-state index < -0.39 is 17.6 Å². The minimum atomic E-state index is -0.894. The summed E-state index contributed by atoms with van der Waals surface area (Å²) >= 11 is 0. The molecule has 0 aromatic heterocycles. The van der Waals surface area contributed by atoms with Crippen LogP contribution >= 0.6 is 0 Å². The molecule has 0 spiro atoms. The highest BCUT2D eigenvalue weighted by Gasteiger charge is 2.50. The predicted octanol–water partition coefficient (Wildman–Crippen LogP) is 4.54. The van der Waals surface area contributed by atoms with Crippen molar-refractivity contribution in [3.05, 3.63) is 54.1 Å². The van der Waals surface area contributed by atoms with Gasteiger partial charge in [-0.1, -0.05) is 45.0 Å². The van der Waals surface area contributed by atoms with Crippen molar-refractivity contribution >= 4 is 17.4 Å². The summed E-state index contributed by atoms with van der Waals surface area (Å²) < 4.78 is 17.0. The van der Waals surface area contributed by atoms with Crippen molar-refractivity contribution in [1.29, 1.82) is 0 Å². The molecule has 2 aliphatic heterocycles. The number of para-hydroxylation sites is 1. The molecule has 4 rings (SSSR count). The first-order valence-corrected chi connectivity index (χ1v) is 11.4. The molecule has 0 N–H and O–H groups in total. The fourth-order valence-corrected chi connectivity index (χ4v) is 4.59. The SMILES string of the molecule is CCCN(c1ccccc1)C1C(=O)CC(CCc2ccc3c(c2)OCO3)(C(C)C)OC1=O. The molecule has 0 bridgehead atoms. The van der Waals surface area contributed by atoms with Crippen LogP contribution in [-0.4, -0.2) is 36.7 Å². The van der Waals surface area contributed by atoms with Gasteiger partial charge in [0.2, 0.25) is 6.79 Å². The molecule has 2 aromatic rings. The summed E-state index contributed by atoms with van der Waals surface area (Å²) in [6.45, 7) is 6.92. The quantitative estimate of drug-likeness (QED) is 0.446. The van der Waals surface area contributed by atoms with Gasteiger partial charge in [0.05, 0.1) is 0 Å². The number of esters is 1. The summed E-state index contributed by atoms with van der Waals surface area (Å²) in [6.07, 6.45) is 2.30. The van der Waals surface area contributed by atoms with Crippen LogP contribution in [0.15, 0.2) is 48.5 Å². The second-order valence-electron chi connectivity index (χ2n) is 8.90. The molecule has 2 aliphatic rings. The average molecular weight is 438 g/mol. The molecule has 1 saturated heterocycles. The summed E-state index contributed by atoms with van der Waals surface area (Å²) in [4.78, 5) is 28.5. The van der Waals surface area contributed by atoms with Gasteiger partial charge < -0.3 is 19.1 Å². The van der Waals surface area contributed by atoms with Crippen LogP contribution in [0.1, 0.15) is 45.6 Å². The maximum atomic E-state index is 13.4. The van der Waals surface area contributed by atoms with Crippen molar-refractivity contribution in [3.63, 3.8) is 0 Å². The molecule has 2 unspecified atom stereocenters. The Balaban J connectivity index is 1.53. The van der Waals surface area contributed by atoms with Crippen molar-refractivity contribution in [1.82, 2.24) is 0 Å². The highest BCUT2D eigenvalue weighted by Crippen LogP contribution is 2.39. The molecule has 1 fully saturated rings. The Morgan fingerprint density at radius 2 is 1.81 bits per heavy atom. The van der Waals surface area contributed by atoms with Gasteiger partial charge in [-0.05, 0) is 55.0 Å². The molecule has 2 atom stereocenters. The van der Waals surface area contributed by atoms with E-state index in [0.717, 1.165) is 29.2 Å². The number of Topliss-reactive ketones (excluding diaryl/α,β-unsaturated/α-hetero) is 1. The molecule has 2 heterocycles. The van der Waals surface area contributed by atoms with E-state index in [9.17, 15) is 9.59 Å². The summed E-state index contributed by atoms with van der Waals surface area (Å²) in [7, 11) is 0. The van der Waals surface area contributed by atoms with Gasteiger partial charge in [-0.15, -0.1) is 0 Å². The van der Waals surface area contributed by atoms with Crippen molar-refractivity contribution in [2.45, 2.75) is 58.1 Å². The van der Waals surface area contributed by atoms with Gasteiger partial charge in [0.1, 0.15) is 5.60 Å². The molecule has 0 amide bonds. The lowest BCUT2D eigenvalue weighted by Crippen LogP contribution is -2.59. The number of rotatable bonds is 8. The molecule has 6 heteroatoms. The Kier molecular flexibility index (Phi) is 6.40. The van der Waals surface area contributed by atoms with Gasteiger partial charge >= 0.3 is 5.97 Å². The number of hydrogen-bond acceptors (Lipinski definition) is 6. The highest BCUT2D eigenvalue weighted by molar-refractivity contribution is 6.08. The number of hydrogen-bond donors (Lipinski definition) is 0. The van der Waals surface area contributed by atoms with Crippen LogP contribution in [-0.2, 0) is 20.7 Å². The first kappa shape index (κ1) is 22.2. The van der Waals surface area contributed by atoms with Crippen molar-refractivity contribution < 1.29 is 23.8 Å². The fraction of sp³-hybridized carbons (Fsp3) is 0.462. The second-order valence-corrected chi connectivity index (χ2v) is 8.90. The van der Waals surface area contributed by atoms with E-state index in [4.69, 9.17) is 14.2 Å². The average Bonchev–Trinajstić information content (AvgIpc) is 3.25. The van der Waals surface area contributed by atoms with E-state index in [1.54, 1.807) is 0 Å². The molecular weight excluding hydrogens is 406 g/mol. The van der Waals surface area contributed by atoms with Gasteiger partial charge in [-0.3, -0.25) is 4.79 Å². The number of fused-ring (bicyclic) bond motifs is 1.